The van der Waals surface area contributed by atoms with Crippen LogP contribution in [0.4, 0.5) is 11.4 Å². The normalized spacial score (nSPS) is 10.4. The van der Waals surface area contributed by atoms with Crippen molar-refractivity contribution in [1.29, 1.82) is 0 Å². The highest BCUT2D eigenvalue weighted by Gasteiger charge is 2.17. The van der Waals surface area contributed by atoms with Crippen LogP contribution in [-0.4, -0.2) is 11.8 Å². The third-order valence-corrected chi connectivity index (χ3v) is 3.89. The van der Waals surface area contributed by atoms with Gasteiger partial charge in [0.25, 0.3) is 5.91 Å². The first-order chi connectivity index (χ1) is 11.6. The van der Waals surface area contributed by atoms with Crippen LogP contribution in [0.1, 0.15) is 22.8 Å². The number of rotatable bonds is 3. The first-order valence-electron chi connectivity index (χ1n) is 7.72. The van der Waals surface area contributed by atoms with Crippen molar-refractivity contribution >= 4 is 34.0 Å². The van der Waals surface area contributed by atoms with Crippen molar-refractivity contribution in [3.05, 3.63) is 71.8 Å². The summed E-state index contributed by atoms with van der Waals surface area (Å²) >= 11 is 0. The highest BCUT2D eigenvalue weighted by molar-refractivity contribution is 6.13. The summed E-state index contributed by atoms with van der Waals surface area (Å²) in [5.41, 5.74) is 2.59. The van der Waals surface area contributed by atoms with E-state index in [0.29, 0.717) is 16.9 Å². The average Bonchev–Trinajstić information content (AvgIpc) is 2.58. The van der Waals surface area contributed by atoms with E-state index in [-0.39, 0.29) is 11.8 Å². The maximum atomic E-state index is 12.7. The Bertz CT molecular complexity index is 918. The molecule has 2 N–H and O–H groups in total. The van der Waals surface area contributed by atoms with E-state index < -0.39 is 0 Å². The molecule has 120 valence electrons. The van der Waals surface area contributed by atoms with Crippen LogP contribution in [0.15, 0.2) is 60.7 Å². The molecule has 4 nitrogen and oxygen atoms in total. The molecule has 4 heteroatoms. The summed E-state index contributed by atoms with van der Waals surface area (Å²) < 4.78 is 0. The topological polar surface area (TPSA) is 58.2 Å². The van der Waals surface area contributed by atoms with E-state index in [0.717, 1.165) is 16.3 Å². The Labute approximate surface area is 140 Å². The van der Waals surface area contributed by atoms with Gasteiger partial charge in [-0.2, -0.15) is 0 Å². The molecular weight excluding hydrogens is 300 g/mol. The van der Waals surface area contributed by atoms with E-state index in [1.807, 2.05) is 67.6 Å². The van der Waals surface area contributed by atoms with Gasteiger partial charge in [-0.05, 0) is 41.5 Å². The molecule has 0 radical (unpaired) electrons. The number of hydrogen-bond acceptors (Lipinski definition) is 2. The van der Waals surface area contributed by atoms with Gasteiger partial charge in [-0.15, -0.1) is 0 Å². The fourth-order valence-corrected chi connectivity index (χ4v) is 2.76. The summed E-state index contributed by atoms with van der Waals surface area (Å²) in [5.74, 6) is -0.457. The van der Waals surface area contributed by atoms with Crippen LogP contribution in [0.2, 0.25) is 0 Å². The van der Waals surface area contributed by atoms with Gasteiger partial charge >= 0.3 is 0 Å². The largest absolute Gasteiger partial charge is 0.325 e. The second kappa shape index (κ2) is 6.54. The Kier molecular flexibility index (Phi) is 4.29. The summed E-state index contributed by atoms with van der Waals surface area (Å²) in [7, 11) is 0. The third kappa shape index (κ3) is 3.13. The summed E-state index contributed by atoms with van der Waals surface area (Å²) in [5, 5.41) is 7.65. The van der Waals surface area contributed by atoms with Gasteiger partial charge in [0, 0.05) is 12.6 Å². The molecule has 0 bridgehead atoms. The lowest BCUT2D eigenvalue weighted by Crippen LogP contribution is -2.17. The van der Waals surface area contributed by atoms with Crippen LogP contribution >= 0.6 is 0 Å². The highest BCUT2D eigenvalue weighted by Crippen LogP contribution is 2.30. The smallest absolute Gasteiger partial charge is 0.257 e. The van der Waals surface area contributed by atoms with Gasteiger partial charge in [0.15, 0.2) is 0 Å². The minimum atomic E-state index is -0.251. The lowest BCUT2D eigenvalue weighted by Gasteiger charge is -2.16. The zero-order chi connectivity index (χ0) is 17.1. The fourth-order valence-electron chi connectivity index (χ4n) is 2.76. The fraction of sp³-hybridized carbons (Fsp3) is 0.100. The molecule has 0 saturated carbocycles. The molecule has 0 aliphatic heterocycles. The molecule has 0 atom stereocenters. The van der Waals surface area contributed by atoms with Crippen molar-refractivity contribution in [2.75, 3.05) is 10.6 Å². The van der Waals surface area contributed by atoms with Crippen LogP contribution < -0.4 is 10.6 Å². The Morgan fingerprint density at radius 2 is 1.54 bits per heavy atom. The van der Waals surface area contributed by atoms with Crippen LogP contribution in [-0.2, 0) is 4.79 Å². The number of carbonyl (C=O) groups is 2. The van der Waals surface area contributed by atoms with E-state index in [2.05, 4.69) is 10.6 Å². The number of amides is 2. The molecule has 24 heavy (non-hydrogen) atoms. The van der Waals surface area contributed by atoms with E-state index in [4.69, 9.17) is 0 Å². The third-order valence-electron chi connectivity index (χ3n) is 3.89. The SMILES string of the molecule is CC(=O)Nc1c(C(=O)Nc2ccccc2)cc2ccccc2c1C. The predicted molar refractivity (Wildman–Crippen MR) is 97.4 cm³/mol. The van der Waals surface area contributed by atoms with Gasteiger partial charge in [-0.25, -0.2) is 0 Å². The Hall–Kier alpha value is -3.14. The molecule has 0 saturated heterocycles. The molecule has 0 fully saturated rings. The monoisotopic (exact) mass is 318 g/mol. The molecule has 0 aliphatic carbocycles. The lowest BCUT2D eigenvalue weighted by atomic mass is 9.98. The first-order valence-corrected chi connectivity index (χ1v) is 7.72. The summed E-state index contributed by atoms with van der Waals surface area (Å²) in [4.78, 5) is 24.3. The number of anilines is 2. The van der Waals surface area contributed by atoms with Crippen molar-refractivity contribution in [3.63, 3.8) is 0 Å². The van der Waals surface area contributed by atoms with Crippen molar-refractivity contribution < 1.29 is 9.59 Å². The molecule has 0 aromatic heterocycles. The molecular formula is C20H18N2O2. The minimum Gasteiger partial charge on any atom is -0.325 e. The second-order valence-electron chi connectivity index (χ2n) is 5.65. The van der Waals surface area contributed by atoms with E-state index in [1.54, 1.807) is 0 Å². The molecule has 0 unspecified atom stereocenters. The maximum Gasteiger partial charge on any atom is 0.257 e. The van der Waals surface area contributed by atoms with Gasteiger partial charge in [0.2, 0.25) is 5.91 Å². The summed E-state index contributed by atoms with van der Waals surface area (Å²) in [6.07, 6.45) is 0. The number of nitrogens with one attached hydrogen (secondary N) is 2. The number of benzene rings is 3. The van der Waals surface area contributed by atoms with Gasteiger partial charge in [0.05, 0.1) is 11.3 Å². The Morgan fingerprint density at radius 3 is 2.25 bits per heavy atom. The average molecular weight is 318 g/mol. The predicted octanol–water partition coefficient (Wildman–Crippen LogP) is 4.36. The standard InChI is InChI=1S/C20H18N2O2/c1-13-17-11-7-6-8-15(17)12-18(19(13)21-14(2)23)20(24)22-16-9-4-3-5-10-16/h3-12H,1-2H3,(H,21,23)(H,22,24). The second-order valence-corrected chi connectivity index (χ2v) is 5.65. The molecule has 3 aromatic rings. The number of para-hydroxylation sites is 1. The summed E-state index contributed by atoms with van der Waals surface area (Å²) in [6, 6.07) is 18.9. The molecule has 0 spiro atoms. The van der Waals surface area contributed by atoms with E-state index in [9.17, 15) is 9.59 Å². The van der Waals surface area contributed by atoms with Crippen molar-refractivity contribution in [1.82, 2.24) is 0 Å². The first kappa shape index (κ1) is 15.7. The molecule has 0 heterocycles. The van der Waals surface area contributed by atoms with Gasteiger partial charge in [-0.3, -0.25) is 9.59 Å². The van der Waals surface area contributed by atoms with Crippen molar-refractivity contribution in [3.8, 4) is 0 Å². The van der Waals surface area contributed by atoms with Crippen LogP contribution in [0, 0.1) is 6.92 Å². The van der Waals surface area contributed by atoms with Crippen LogP contribution in [0.25, 0.3) is 10.8 Å². The summed E-state index contributed by atoms with van der Waals surface area (Å²) in [6.45, 7) is 3.35. The zero-order valence-electron chi connectivity index (χ0n) is 13.6. The number of carbonyl (C=O) groups excluding carboxylic acids is 2. The van der Waals surface area contributed by atoms with Crippen LogP contribution in [0.3, 0.4) is 0 Å². The molecule has 3 aromatic carbocycles. The van der Waals surface area contributed by atoms with Gasteiger partial charge < -0.3 is 10.6 Å². The van der Waals surface area contributed by atoms with Crippen molar-refractivity contribution in [2.45, 2.75) is 13.8 Å². The number of aryl methyl sites for hydroxylation is 1. The Morgan fingerprint density at radius 1 is 0.875 bits per heavy atom. The lowest BCUT2D eigenvalue weighted by molar-refractivity contribution is -0.114. The highest BCUT2D eigenvalue weighted by atomic mass is 16.2. The quantitative estimate of drug-likeness (QED) is 0.754. The molecule has 2 amide bonds. The van der Waals surface area contributed by atoms with Gasteiger partial charge in [-0.1, -0.05) is 42.5 Å². The molecule has 3 rings (SSSR count). The van der Waals surface area contributed by atoms with Crippen molar-refractivity contribution in [2.24, 2.45) is 0 Å². The van der Waals surface area contributed by atoms with Crippen LogP contribution in [0.5, 0.6) is 0 Å². The van der Waals surface area contributed by atoms with Gasteiger partial charge in [0.1, 0.15) is 0 Å². The van der Waals surface area contributed by atoms with E-state index in [1.165, 1.54) is 6.92 Å². The number of hydrogen-bond donors (Lipinski definition) is 2. The minimum absolute atomic E-state index is 0.206. The Balaban J connectivity index is 2.10. The zero-order valence-corrected chi connectivity index (χ0v) is 13.6. The maximum absolute atomic E-state index is 12.7. The molecule has 0 aliphatic rings. The number of fused-ring (bicyclic) bond motifs is 1. The van der Waals surface area contributed by atoms with E-state index >= 15 is 0 Å².